The summed E-state index contributed by atoms with van der Waals surface area (Å²) in [6.45, 7) is 6.50. The largest absolute Gasteiger partial charge is 0.368 e. The van der Waals surface area contributed by atoms with E-state index in [1.54, 1.807) is 12.3 Å². The van der Waals surface area contributed by atoms with Gasteiger partial charge in [-0.3, -0.25) is 9.78 Å². The van der Waals surface area contributed by atoms with Crippen molar-refractivity contribution in [2.75, 3.05) is 29.9 Å². The number of carbonyl (C=O) groups is 1. The predicted molar refractivity (Wildman–Crippen MR) is 142 cm³/mol. The van der Waals surface area contributed by atoms with Crippen LogP contribution in [-0.4, -0.2) is 36.6 Å². The van der Waals surface area contributed by atoms with Crippen LogP contribution in [0.15, 0.2) is 48.8 Å². The molecule has 1 saturated heterocycles. The summed E-state index contributed by atoms with van der Waals surface area (Å²) in [6.07, 6.45) is 4.07. The number of anilines is 2. The number of likely N-dealkylation sites (N-methyl/N-ethyl adjacent to an activating group) is 1. The van der Waals surface area contributed by atoms with Crippen LogP contribution in [0.3, 0.4) is 0 Å². The lowest BCUT2D eigenvalue weighted by Crippen LogP contribution is -2.49. The lowest BCUT2D eigenvalue weighted by Gasteiger charge is -2.39. The summed E-state index contributed by atoms with van der Waals surface area (Å²) in [5, 5.41) is 6.09. The molecule has 4 rings (SSSR count). The van der Waals surface area contributed by atoms with Crippen LogP contribution in [0.5, 0.6) is 0 Å². The maximum absolute atomic E-state index is 15.3. The van der Waals surface area contributed by atoms with Crippen molar-refractivity contribution >= 4 is 42.1 Å². The number of rotatable bonds is 6. The summed E-state index contributed by atoms with van der Waals surface area (Å²) in [5.74, 6) is -5.29. The summed E-state index contributed by atoms with van der Waals surface area (Å²) < 4.78 is 58.3. The summed E-state index contributed by atoms with van der Waals surface area (Å²) in [4.78, 5) is 19.2. The zero-order chi connectivity index (χ0) is 25.1. The lowest BCUT2D eigenvalue weighted by atomic mass is 9.95. The van der Waals surface area contributed by atoms with Crippen LogP contribution in [0.4, 0.5) is 28.9 Å². The topological polar surface area (TPSA) is 57.3 Å². The first-order valence-corrected chi connectivity index (χ1v) is 11.5. The molecule has 1 amide bonds. The number of piperidine rings is 1. The Balaban J connectivity index is 0.00000241. The van der Waals surface area contributed by atoms with E-state index in [-0.39, 0.29) is 30.9 Å². The molecule has 1 aliphatic rings. The Bertz CT molecular complexity index is 1230. The quantitative estimate of drug-likeness (QED) is 0.352. The highest BCUT2D eigenvalue weighted by molar-refractivity contribution is 6.06. The number of amides is 1. The van der Waals surface area contributed by atoms with Crippen molar-refractivity contribution in [2.45, 2.75) is 26.3 Å². The molecule has 5 nitrogen and oxygen atoms in total. The van der Waals surface area contributed by atoms with Crippen LogP contribution in [0.1, 0.15) is 30.6 Å². The highest BCUT2D eigenvalue weighted by Crippen LogP contribution is 2.34. The van der Waals surface area contributed by atoms with Crippen molar-refractivity contribution in [1.29, 1.82) is 0 Å². The third-order valence-electron chi connectivity index (χ3n) is 6.09. The van der Waals surface area contributed by atoms with Gasteiger partial charge in [0.2, 0.25) is 0 Å². The number of pyridine rings is 1. The van der Waals surface area contributed by atoms with E-state index < -0.39 is 45.9 Å². The maximum atomic E-state index is 15.3. The van der Waals surface area contributed by atoms with Gasteiger partial charge in [-0.05, 0) is 49.2 Å². The minimum absolute atomic E-state index is 0. The normalized spacial score (nSPS) is 17.0. The highest BCUT2D eigenvalue weighted by Gasteiger charge is 2.28. The van der Waals surface area contributed by atoms with Gasteiger partial charge in [-0.2, -0.15) is 0 Å². The van der Waals surface area contributed by atoms with Crippen LogP contribution in [0.25, 0.3) is 11.1 Å². The van der Waals surface area contributed by atoms with Gasteiger partial charge >= 0.3 is 0 Å². The van der Waals surface area contributed by atoms with Gasteiger partial charge in [0.05, 0.1) is 34.3 Å². The number of hydrogen-bond acceptors (Lipinski definition) is 4. The fourth-order valence-electron chi connectivity index (χ4n) is 4.63. The van der Waals surface area contributed by atoms with Crippen LogP contribution in [0, 0.1) is 29.2 Å². The molecule has 3 aromatic rings. The van der Waals surface area contributed by atoms with Crippen molar-refractivity contribution in [1.82, 2.24) is 10.3 Å². The molecule has 11 heteroatoms. The molecule has 1 aliphatic heterocycles. The Morgan fingerprint density at radius 3 is 2.35 bits per heavy atom. The summed E-state index contributed by atoms with van der Waals surface area (Å²) >= 11 is 0. The molecule has 1 fully saturated rings. The summed E-state index contributed by atoms with van der Waals surface area (Å²) in [7, 11) is 0. The molecule has 200 valence electrons. The van der Waals surface area contributed by atoms with E-state index >= 15 is 4.39 Å². The number of benzene rings is 2. The number of nitrogens with one attached hydrogen (secondary N) is 2. The van der Waals surface area contributed by atoms with Gasteiger partial charge in [0.15, 0.2) is 0 Å². The van der Waals surface area contributed by atoms with Crippen molar-refractivity contribution in [3.05, 3.63) is 77.6 Å². The maximum Gasteiger partial charge on any atom is 0.258 e. The average Bonchev–Trinajstić information content (AvgIpc) is 2.81. The second-order valence-corrected chi connectivity index (χ2v) is 8.73. The minimum Gasteiger partial charge on any atom is -0.368 e. The molecule has 2 heterocycles. The van der Waals surface area contributed by atoms with E-state index in [9.17, 15) is 18.0 Å². The van der Waals surface area contributed by atoms with Crippen LogP contribution < -0.4 is 15.5 Å². The Morgan fingerprint density at radius 2 is 1.68 bits per heavy atom. The van der Waals surface area contributed by atoms with Crippen molar-refractivity contribution < 1.29 is 22.4 Å². The van der Waals surface area contributed by atoms with Gasteiger partial charge in [-0.15, -0.1) is 24.8 Å². The van der Waals surface area contributed by atoms with E-state index in [1.165, 1.54) is 6.20 Å². The molecule has 1 aromatic heterocycles. The molecular weight excluding hydrogens is 531 g/mol. The minimum atomic E-state index is -1.35. The molecule has 0 radical (unpaired) electrons. The third-order valence-corrected chi connectivity index (χ3v) is 6.09. The zero-order valence-corrected chi connectivity index (χ0v) is 21.9. The molecular formula is C26H28Cl2F4N4O. The monoisotopic (exact) mass is 558 g/mol. The molecule has 0 aliphatic carbocycles. The molecule has 2 aromatic carbocycles. The SMILES string of the molecule is CCN[C@H]1C[C@@H](C)CN(c2ccncc2NC(=O)c2ccc(F)c(-c3c(F)cccc3F)c2F)C1.Cl.Cl. The van der Waals surface area contributed by atoms with Gasteiger partial charge < -0.3 is 15.5 Å². The Labute approximate surface area is 225 Å². The molecule has 37 heavy (non-hydrogen) atoms. The third kappa shape index (κ3) is 6.52. The predicted octanol–water partition coefficient (Wildman–Crippen LogP) is 6.23. The summed E-state index contributed by atoms with van der Waals surface area (Å²) in [5.41, 5.74) is -1.28. The van der Waals surface area contributed by atoms with Gasteiger partial charge in [0.1, 0.15) is 23.3 Å². The van der Waals surface area contributed by atoms with E-state index in [2.05, 4.69) is 27.4 Å². The first-order valence-electron chi connectivity index (χ1n) is 11.5. The van der Waals surface area contributed by atoms with Crippen molar-refractivity contribution in [3.8, 4) is 11.1 Å². The Kier molecular flexibility index (Phi) is 10.7. The highest BCUT2D eigenvalue weighted by atomic mass is 35.5. The Morgan fingerprint density at radius 1 is 1.00 bits per heavy atom. The molecule has 2 atom stereocenters. The first-order chi connectivity index (χ1) is 16.8. The van der Waals surface area contributed by atoms with Crippen molar-refractivity contribution in [2.24, 2.45) is 5.92 Å². The molecule has 2 N–H and O–H groups in total. The number of carbonyl (C=O) groups excluding carboxylic acids is 1. The summed E-state index contributed by atoms with van der Waals surface area (Å²) in [6, 6.07) is 6.68. The second kappa shape index (κ2) is 13.1. The van der Waals surface area contributed by atoms with E-state index in [0.717, 1.165) is 49.8 Å². The van der Waals surface area contributed by atoms with Crippen LogP contribution in [0.2, 0.25) is 0 Å². The second-order valence-electron chi connectivity index (χ2n) is 8.73. The fourth-order valence-corrected chi connectivity index (χ4v) is 4.63. The molecule has 0 bridgehead atoms. The van der Waals surface area contributed by atoms with Crippen LogP contribution in [-0.2, 0) is 0 Å². The molecule has 0 spiro atoms. The van der Waals surface area contributed by atoms with Crippen LogP contribution >= 0.6 is 24.8 Å². The number of halogens is 6. The smallest absolute Gasteiger partial charge is 0.258 e. The lowest BCUT2D eigenvalue weighted by molar-refractivity contribution is 0.102. The number of hydrogen-bond donors (Lipinski definition) is 2. The standard InChI is InChI=1S/C26H26F4N4O.2ClH/c1-3-32-16-11-15(2)13-34(14-16)22-9-10-31-12-21(22)33-26(35)17-7-8-20(29)24(25(17)30)23-18(27)5-4-6-19(23)28;;/h4-10,12,15-16,32H,3,11,13-14H2,1-2H3,(H,33,35);2*1H/t15-,16+;;/m1../s1. The fraction of sp³-hybridized carbons (Fsp3) is 0.308. The van der Waals surface area contributed by atoms with E-state index in [4.69, 9.17) is 0 Å². The molecule has 0 unspecified atom stereocenters. The van der Waals surface area contributed by atoms with Crippen molar-refractivity contribution in [3.63, 3.8) is 0 Å². The Hall–Kier alpha value is -2.88. The van der Waals surface area contributed by atoms with Gasteiger partial charge in [0, 0.05) is 25.3 Å². The molecule has 0 saturated carbocycles. The van der Waals surface area contributed by atoms with Gasteiger partial charge in [-0.25, -0.2) is 17.6 Å². The first kappa shape index (κ1) is 30.3. The van der Waals surface area contributed by atoms with E-state index in [1.807, 2.05) is 6.92 Å². The average molecular weight is 559 g/mol. The van der Waals surface area contributed by atoms with Gasteiger partial charge in [0.25, 0.3) is 5.91 Å². The number of aromatic nitrogens is 1. The number of nitrogens with zero attached hydrogens (tertiary/aromatic N) is 2. The van der Waals surface area contributed by atoms with E-state index in [0.29, 0.717) is 23.8 Å². The van der Waals surface area contributed by atoms with Gasteiger partial charge in [-0.1, -0.05) is 19.9 Å². The zero-order valence-electron chi connectivity index (χ0n) is 20.2.